The molecule has 2 amide bonds. The Labute approximate surface area is 254 Å². The van der Waals surface area contributed by atoms with Crippen molar-refractivity contribution in [3.63, 3.8) is 0 Å². The van der Waals surface area contributed by atoms with E-state index >= 15 is 0 Å². The summed E-state index contributed by atoms with van der Waals surface area (Å²) in [7, 11) is 0. The van der Waals surface area contributed by atoms with Gasteiger partial charge in [-0.2, -0.15) is 13.2 Å². The first kappa shape index (κ1) is 29.4. The Balaban J connectivity index is 1.42. The van der Waals surface area contributed by atoms with Crippen LogP contribution in [0, 0.1) is 6.92 Å². The zero-order chi connectivity index (χ0) is 30.8. The number of aryl methyl sites for hydroxylation is 1. The van der Waals surface area contributed by atoms with Gasteiger partial charge in [0.1, 0.15) is 0 Å². The summed E-state index contributed by atoms with van der Waals surface area (Å²) < 4.78 is 45.9. The van der Waals surface area contributed by atoms with E-state index in [4.69, 9.17) is 4.74 Å². The van der Waals surface area contributed by atoms with Crippen molar-refractivity contribution in [2.45, 2.75) is 31.6 Å². The quantitative estimate of drug-likeness (QED) is 0.260. The zero-order valence-corrected chi connectivity index (χ0v) is 24.2. The van der Waals surface area contributed by atoms with Crippen molar-refractivity contribution >= 4 is 23.2 Å². The summed E-state index contributed by atoms with van der Waals surface area (Å²) in [5, 5.41) is 3.06. The van der Waals surface area contributed by atoms with Gasteiger partial charge in [-0.25, -0.2) is 0 Å². The van der Waals surface area contributed by atoms with E-state index in [1.165, 1.54) is 12.1 Å². The minimum atomic E-state index is -4.52. The van der Waals surface area contributed by atoms with Crippen LogP contribution in [-0.2, 0) is 22.3 Å². The van der Waals surface area contributed by atoms with Crippen LogP contribution < -0.4 is 10.2 Å². The van der Waals surface area contributed by atoms with E-state index in [0.717, 1.165) is 42.0 Å². The number of benzene rings is 4. The van der Waals surface area contributed by atoms with Gasteiger partial charge in [-0.15, -0.1) is 0 Å². The largest absolute Gasteiger partial charge is 0.416 e. The molecule has 44 heavy (non-hydrogen) atoms. The van der Waals surface area contributed by atoms with Crippen molar-refractivity contribution in [2.24, 2.45) is 0 Å². The second kappa shape index (κ2) is 12.2. The first-order valence-corrected chi connectivity index (χ1v) is 14.6. The number of fused-ring (bicyclic) bond motifs is 1. The van der Waals surface area contributed by atoms with E-state index in [0.29, 0.717) is 35.6 Å². The first-order valence-electron chi connectivity index (χ1n) is 14.6. The van der Waals surface area contributed by atoms with Crippen molar-refractivity contribution in [2.75, 3.05) is 36.5 Å². The maximum absolute atomic E-state index is 14.3. The number of alkyl halides is 3. The molecule has 9 heteroatoms. The number of hydrogen-bond donors (Lipinski definition) is 1. The summed E-state index contributed by atoms with van der Waals surface area (Å²) in [6.45, 7) is 4.85. The monoisotopic (exact) mass is 599 g/mol. The SMILES string of the molecule is Cc1ccc(CN2C(=O)c3ccccc3[C@H](C(=O)Nc3cccc(N4CCOCC4)c3)[C@H]2c2ccc(C(F)(F)F)cc2)cc1. The van der Waals surface area contributed by atoms with Gasteiger partial charge in [0.25, 0.3) is 5.91 Å². The first-order chi connectivity index (χ1) is 21.2. The molecule has 1 N–H and O–H groups in total. The molecule has 2 heterocycles. The lowest BCUT2D eigenvalue weighted by atomic mass is 9.78. The van der Waals surface area contributed by atoms with Crippen molar-refractivity contribution in [1.82, 2.24) is 4.90 Å². The molecule has 6 nitrogen and oxygen atoms in total. The summed E-state index contributed by atoms with van der Waals surface area (Å²) in [5.74, 6) is -1.54. The fraction of sp³-hybridized carbons (Fsp3) is 0.257. The molecule has 0 spiro atoms. The van der Waals surface area contributed by atoms with Crippen molar-refractivity contribution < 1.29 is 27.5 Å². The van der Waals surface area contributed by atoms with Crippen LogP contribution in [0.15, 0.2) is 97.1 Å². The van der Waals surface area contributed by atoms with Gasteiger partial charge in [-0.05, 0) is 60.0 Å². The minimum Gasteiger partial charge on any atom is -0.378 e. The van der Waals surface area contributed by atoms with Gasteiger partial charge in [0, 0.05) is 36.6 Å². The third kappa shape index (κ3) is 6.05. The lowest BCUT2D eigenvalue weighted by Crippen LogP contribution is -2.45. The van der Waals surface area contributed by atoms with E-state index < -0.39 is 23.7 Å². The summed E-state index contributed by atoms with van der Waals surface area (Å²) >= 11 is 0. The van der Waals surface area contributed by atoms with Crippen LogP contribution in [0.1, 0.15) is 50.1 Å². The van der Waals surface area contributed by atoms with Gasteiger partial charge in [0.2, 0.25) is 5.91 Å². The number of anilines is 2. The van der Waals surface area contributed by atoms with E-state index in [1.54, 1.807) is 35.2 Å². The van der Waals surface area contributed by atoms with E-state index in [1.807, 2.05) is 49.4 Å². The fourth-order valence-electron chi connectivity index (χ4n) is 6.00. The number of carbonyl (C=O) groups excluding carboxylic acids is 2. The highest BCUT2D eigenvalue weighted by atomic mass is 19.4. The molecule has 0 unspecified atom stereocenters. The maximum atomic E-state index is 14.3. The third-order valence-electron chi connectivity index (χ3n) is 8.26. The zero-order valence-electron chi connectivity index (χ0n) is 24.2. The van der Waals surface area contributed by atoms with Gasteiger partial charge in [-0.3, -0.25) is 9.59 Å². The summed E-state index contributed by atoms with van der Waals surface area (Å²) in [5.41, 5.74) is 4.01. The predicted octanol–water partition coefficient (Wildman–Crippen LogP) is 6.97. The van der Waals surface area contributed by atoms with Crippen LogP contribution in [-0.4, -0.2) is 43.0 Å². The lowest BCUT2D eigenvalue weighted by molar-refractivity contribution is -0.137. The smallest absolute Gasteiger partial charge is 0.378 e. The number of nitrogens with zero attached hydrogens (tertiary/aromatic N) is 2. The van der Waals surface area contributed by atoms with Gasteiger partial charge < -0.3 is 19.9 Å². The van der Waals surface area contributed by atoms with Gasteiger partial charge >= 0.3 is 6.18 Å². The molecular formula is C35H32F3N3O3. The molecule has 1 saturated heterocycles. The predicted molar refractivity (Wildman–Crippen MR) is 163 cm³/mol. The molecule has 1 fully saturated rings. The number of carbonyl (C=O) groups is 2. The van der Waals surface area contributed by atoms with Crippen LogP contribution in [0.3, 0.4) is 0 Å². The van der Waals surface area contributed by atoms with E-state index in [2.05, 4.69) is 10.2 Å². The number of hydrogen-bond acceptors (Lipinski definition) is 4. The van der Waals surface area contributed by atoms with Crippen LogP contribution in [0.4, 0.5) is 24.5 Å². The number of amides is 2. The molecule has 0 aliphatic carbocycles. The molecule has 6 rings (SSSR count). The molecule has 0 saturated carbocycles. The molecule has 0 radical (unpaired) electrons. The molecule has 0 aromatic heterocycles. The molecule has 4 aromatic carbocycles. The third-order valence-corrected chi connectivity index (χ3v) is 8.26. The normalized spacial score (nSPS) is 18.6. The highest BCUT2D eigenvalue weighted by molar-refractivity contribution is 6.04. The molecule has 2 aliphatic rings. The number of nitrogens with one attached hydrogen (secondary N) is 1. The Hall–Kier alpha value is -4.63. The Morgan fingerprint density at radius 3 is 2.32 bits per heavy atom. The Morgan fingerprint density at radius 2 is 1.61 bits per heavy atom. The highest BCUT2D eigenvalue weighted by Gasteiger charge is 2.44. The molecule has 2 aliphatic heterocycles. The van der Waals surface area contributed by atoms with E-state index in [9.17, 15) is 22.8 Å². The van der Waals surface area contributed by atoms with Crippen LogP contribution in [0.25, 0.3) is 0 Å². The second-order valence-electron chi connectivity index (χ2n) is 11.2. The Bertz CT molecular complexity index is 1650. The Kier molecular flexibility index (Phi) is 8.14. The van der Waals surface area contributed by atoms with Crippen molar-refractivity contribution in [3.05, 3.63) is 130 Å². The summed E-state index contributed by atoms with van der Waals surface area (Å²) in [6.07, 6.45) is -4.52. The molecule has 0 bridgehead atoms. The van der Waals surface area contributed by atoms with Crippen LogP contribution in [0.2, 0.25) is 0 Å². The van der Waals surface area contributed by atoms with Crippen molar-refractivity contribution in [1.29, 1.82) is 0 Å². The number of ether oxygens (including phenoxy) is 1. The molecular weight excluding hydrogens is 567 g/mol. The van der Waals surface area contributed by atoms with Crippen LogP contribution >= 0.6 is 0 Å². The van der Waals surface area contributed by atoms with Gasteiger partial charge in [0.05, 0.1) is 30.7 Å². The standard InChI is InChI=1S/C35H32F3N3O3/c1-23-9-11-24(12-10-23)22-41-32(25-13-15-26(16-14-25)35(36,37)38)31(29-7-2-3-8-30(29)34(41)43)33(42)39-27-5-4-6-28(21-27)40-17-19-44-20-18-40/h2-16,21,31-32H,17-20,22H2,1H3,(H,39,42)/t31-,32+/m0/s1. The van der Waals surface area contributed by atoms with E-state index in [-0.39, 0.29) is 18.4 Å². The average Bonchev–Trinajstić information content (AvgIpc) is 3.03. The highest BCUT2D eigenvalue weighted by Crippen LogP contribution is 2.45. The molecule has 2 atom stereocenters. The second-order valence-corrected chi connectivity index (χ2v) is 11.2. The number of morpholine rings is 1. The molecule has 4 aromatic rings. The summed E-state index contributed by atoms with van der Waals surface area (Å²) in [6, 6.07) is 26.1. The topological polar surface area (TPSA) is 61.9 Å². The van der Waals surface area contributed by atoms with Crippen LogP contribution in [0.5, 0.6) is 0 Å². The van der Waals surface area contributed by atoms with Gasteiger partial charge in [0.15, 0.2) is 0 Å². The summed E-state index contributed by atoms with van der Waals surface area (Å²) in [4.78, 5) is 32.1. The maximum Gasteiger partial charge on any atom is 0.416 e. The number of rotatable bonds is 6. The fourth-order valence-corrected chi connectivity index (χ4v) is 6.00. The van der Waals surface area contributed by atoms with Crippen molar-refractivity contribution in [3.8, 4) is 0 Å². The molecule has 226 valence electrons. The Morgan fingerprint density at radius 1 is 0.909 bits per heavy atom. The number of halogens is 3. The minimum absolute atomic E-state index is 0.176. The van der Waals surface area contributed by atoms with Gasteiger partial charge in [-0.1, -0.05) is 66.2 Å². The lowest BCUT2D eigenvalue weighted by Gasteiger charge is -2.42. The average molecular weight is 600 g/mol.